The zero-order valence-corrected chi connectivity index (χ0v) is 31.0. The summed E-state index contributed by atoms with van der Waals surface area (Å²) in [4.78, 5) is 50.4. The summed E-state index contributed by atoms with van der Waals surface area (Å²) >= 11 is 0. The molecule has 0 fully saturated rings. The Bertz CT molecular complexity index is 1920. The highest BCUT2D eigenvalue weighted by atomic mass is 16.6. The molecule has 0 atom stereocenters. The number of ether oxygens (including phenoxy) is 8. The minimum atomic E-state index is -0.700. The van der Waals surface area contributed by atoms with E-state index < -0.39 is 30.2 Å². The van der Waals surface area contributed by atoms with E-state index in [1.165, 1.54) is 65.1 Å². The average molecular weight is 757 g/mol. The van der Waals surface area contributed by atoms with Crippen LogP contribution in [0.2, 0.25) is 0 Å². The number of carbonyl (C=O) groups excluding carboxylic acids is 4. The minimum Gasteiger partial charge on any atom is -0.493 e. The van der Waals surface area contributed by atoms with Crippen molar-refractivity contribution in [1.29, 1.82) is 0 Å². The molecular weight excluding hydrogens is 716 g/mol. The number of esters is 2. The summed E-state index contributed by atoms with van der Waals surface area (Å²) in [7, 11) is 5.90. The Kier molecular flexibility index (Phi) is 15.0. The van der Waals surface area contributed by atoms with Crippen LogP contribution in [-0.4, -0.2) is 77.8 Å². The van der Waals surface area contributed by atoms with Crippen LogP contribution in [0.4, 0.5) is 0 Å². The second kappa shape index (κ2) is 20.2. The second-order valence-corrected chi connectivity index (χ2v) is 11.0. The van der Waals surface area contributed by atoms with E-state index in [9.17, 15) is 19.2 Å². The highest BCUT2D eigenvalue weighted by molar-refractivity contribution is 5.98. The fourth-order valence-electron chi connectivity index (χ4n) is 4.74. The van der Waals surface area contributed by atoms with Gasteiger partial charge in [0.25, 0.3) is 0 Å². The van der Waals surface area contributed by atoms with Crippen molar-refractivity contribution < 1.29 is 57.1 Å². The zero-order chi connectivity index (χ0) is 39.7. The molecule has 2 amide bonds. The number of hydrazone groups is 2. The molecule has 16 nitrogen and oxygen atoms in total. The molecule has 0 saturated heterocycles. The van der Waals surface area contributed by atoms with Crippen molar-refractivity contribution >= 4 is 36.2 Å². The summed E-state index contributed by atoms with van der Waals surface area (Å²) in [5.74, 6) is -0.151. The quantitative estimate of drug-likeness (QED) is 0.0458. The zero-order valence-electron chi connectivity index (χ0n) is 31.0. The third kappa shape index (κ3) is 11.4. The molecule has 0 spiro atoms. The molecule has 0 saturated carbocycles. The lowest BCUT2D eigenvalue weighted by molar-refractivity contribution is -0.129. The number of methoxy groups -OCH3 is 4. The smallest absolute Gasteiger partial charge is 0.343 e. The number of carbonyl (C=O) groups is 4. The van der Waals surface area contributed by atoms with Gasteiger partial charge >= 0.3 is 11.9 Å². The van der Waals surface area contributed by atoms with Gasteiger partial charge in [0.05, 0.1) is 65.2 Å². The van der Waals surface area contributed by atoms with Crippen LogP contribution in [0.1, 0.15) is 52.1 Å². The van der Waals surface area contributed by atoms with E-state index >= 15 is 0 Å². The molecule has 288 valence electrons. The molecule has 4 aromatic rings. The summed E-state index contributed by atoms with van der Waals surface area (Å²) in [6.45, 7) is 4.11. The van der Waals surface area contributed by atoms with Crippen molar-refractivity contribution in [3.63, 3.8) is 0 Å². The van der Waals surface area contributed by atoms with Gasteiger partial charge in [-0.25, -0.2) is 20.4 Å². The van der Waals surface area contributed by atoms with Gasteiger partial charge in [-0.3, -0.25) is 9.59 Å². The Labute approximate surface area is 316 Å². The van der Waals surface area contributed by atoms with Gasteiger partial charge in [0.1, 0.15) is 6.42 Å². The SMILES string of the molecule is CCOc1cc(C=NNC(=O)CC(=O)NN=Cc2ccc(OC(=O)c3ccc(OC)c(OC)c3)c(OCC)c2)ccc1OC(=O)c1ccc(OC)c(OC)c1. The molecule has 4 rings (SSSR count). The van der Waals surface area contributed by atoms with Crippen LogP contribution in [0.3, 0.4) is 0 Å². The summed E-state index contributed by atoms with van der Waals surface area (Å²) in [5.41, 5.74) is 6.05. The van der Waals surface area contributed by atoms with Gasteiger partial charge in [0.2, 0.25) is 11.8 Å². The van der Waals surface area contributed by atoms with Crippen molar-refractivity contribution in [3.05, 3.63) is 95.1 Å². The number of benzene rings is 4. The first kappa shape index (κ1) is 40.7. The van der Waals surface area contributed by atoms with Gasteiger partial charge in [-0.05, 0) is 97.8 Å². The molecular formula is C39H40N4O12. The van der Waals surface area contributed by atoms with E-state index in [1.807, 2.05) is 0 Å². The second-order valence-electron chi connectivity index (χ2n) is 11.0. The maximum absolute atomic E-state index is 12.8. The predicted octanol–water partition coefficient (Wildman–Crippen LogP) is 4.95. The average Bonchev–Trinajstić information content (AvgIpc) is 3.19. The third-order valence-corrected chi connectivity index (χ3v) is 7.31. The molecule has 2 N–H and O–H groups in total. The largest absolute Gasteiger partial charge is 0.493 e. The Balaban J connectivity index is 1.30. The molecule has 0 radical (unpaired) electrons. The first-order chi connectivity index (χ1) is 26.6. The number of hydrogen-bond acceptors (Lipinski definition) is 14. The first-order valence-electron chi connectivity index (χ1n) is 16.7. The van der Waals surface area contributed by atoms with Crippen LogP contribution in [0.15, 0.2) is 83.0 Å². The van der Waals surface area contributed by atoms with Gasteiger partial charge < -0.3 is 37.9 Å². The molecule has 0 bridgehead atoms. The Morgan fingerprint density at radius 3 is 1.25 bits per heavy atom. The van der Waals surface area contributed by atoms with Crippen molar-refractivity contribution in [2.45, 2.75) is 20.3 Å². The van der Waals surface area contributed by atoms with E-state index in [2.05, 4.69) is 21.1 Å². The van der Waals surface area contributed by atoms with Crippen LogP contribution in [-0.2, 0) is 9.59 Å². The number of amides is 2. The lowest BCUT2D eigenvalue weighted by atomic mass is 10.2. The number of nitrogens with zero attached hydrogens (tertiary/aromatic N) is 2. The Morgan fingerprint density at radius 1 is 0.509 bits per heavy atom. The van der Waals surface area contributed by atoms with E-state index in [4.69, 9.17) is 37.9 Å². The van der Waals surface area contributed by atoms with Crippen LogP contribution in [0.25, 0.3) is 0 Å². The number of hydrogen-bond donors (Lipinski definition) is 2. The lowest BCUT2D eigenvalue weighted by Gasteiger charge is -2.12. The van der Waals surface area contributed by atoms with Gasteiger partial charge in [-0.2, -0.15) is 10.2 Å². The predicted molar refractivity (Wildman–Crippen MR) is 200 cm³/mol. The van der Waals surface area contributed by atoms with Gasteiger partial charge in [-0.15, -0.1) is 0 Å². The molecule has 0 heterocycles. The minimum absolute atomic E-state index is 0.166. The van der Waals surface area contributed by atoms with Crippen LogP contribution < -0.4 is 48.7 Å². The van der Waals surface area contributed by atoms with Crippen molar-refractivity contribution in [1.82, 2.24) is 10.9 Å². The maximum Gasteiger partial charge on any atom is 0.343 e. The highest BCUT2D eigenvalue weighted by Crippen LogP contribution is 2.33. The standard InChI is InChI=1S/C39H40N4O12/c1-7-52-34-17-24(9-13-30(34)54-38(46)26-11-15-28(48-3)32(19-26)50-5)22-40-42-36(44)21-37(45)43-41-23-25-10-14-31(35(18-25)53-8-2)55-39(47)27-12-16-29(49-4)33(20-27)51-6/h9-20,22-23H,7-8,21H2,1-6H3,(H,42,44)(H,43,45). The molecule has 55 heavy (non-hydrogen) atoms. The maximum atomic E-state index is 12.8. The number of rotatable bonds is 18. The summed E-state index contributed by atoms with van der Waals surface area (Å²) in [5, 5.41) is 7.79. The van der Waals surface area contributed by atoms with E-state index in [1.54, 1.807) is 62.4 Å². The van der Waals surface area contributed by atoms with E-state index in [0.29, 0.717) is 34.1 Å². The summed E-state index contributed by atoms with van der Waals surface area (Å²) in [6.07, 6.45) is 2.10. The van der Waals surface area contributed by atoms with Gasteiger partial charge in [0.15, 0.2) is 46.0 Å². The fourth-order valence-corrected chi connectivity index (χ4v) is 4.74. The van der Waals surface area contributed by atoms with Gasteiger partial charge in [0, 0.05) is 0 Å². The lowest BCUT2D eigenvalue weighted by Crippen LogP contribution is -2.27. The molecule has 0 unspecified atom stereocenters. The molecule has 0 aromatic heterocycles. The van der Waals surface area contributed by atoms with Gasteiger partial charge in [-0.1, -0.05) is 0 Å². The molecule has 0 aliphatic heterocycles. The molecule has 0 aliphatic carbocycles. The monoisotopic (exact) mass is 756 g/mol. The Hall–Kier alpha value is -7.10. The summed E-state index contributed by atoms with van der Waals surface area (Å²) < 4.78 is 43.3. The third-order valence-electron chi connectivity index (χ3n) is 7.31. The first-order valence-corrected chi connectivity index (χ1v) is 16.7. The van der Waals surface area contributed by atoms with Crippen LogP contribution in [0, 0.1) is 0 Å². The van der Waals surface area contributed by atoms with Crippen molar-refractivity contribution in [2.24, 2.45) is 10.2 Å². The van der Waals surface area contributed by atoms with E-state index in [0.717, 1.165) is 0 Å². The van der Waals surface area contributed by atoms with Crippen molar-refractivity contribution in [2.75, 3.05) is 41.7 Å². The molecule has 4 aromatic carbocycles. The summed E-state index contributed by atoms with van der Waals surface area (Å²) in [6, 6.07) is 18.7. The fraction of sp³-hybridized carbons (Fsp3) is 0.231. The van der Waals surface area contributed by atoms with Crippen LogP contribution in [0.5, 0.6) is 46.0 Å². The normalized spacial score (nSPS) is 10.7. The topological polar surface area (TPSA) is 191 Å². The van der Waals surface area contributed by atoms with E-state index in [-0.39, 0.29) is 47.3 Å². The van der Waals surface area contributed by atoms with Crippen LogP contribution >= 0.6 is 0 Å². The number of nitrogens with one attached hydrogen (secondary N) is 2. The highest BCUT2D eigenvalue weighted by Gasteiger charge is 2.18. The molecule has 0 aliphatic rings. The van der Waals surface area contributed by atoms with Crippen molar-refractivity contribution in [3.8, 4) is 46.0 Å². The molecule has 16 heteroatoms. The Morgan fingerprint density at radius 2 is 0.891 bits per heavy atom.